The summed E-state index contributed by atoms with van der Waals surface area (Å²) >= 11 is 14.1. The predicted octanol–water partition coefficient (Wildman–Crippen LogP) is 9.38. The SMILES string of the molecule is OC1(c2ccccc2Cl)C=C(c2ccccc2Br)CC(c2ccc(-c3ccccc3)cc2Br)C1. The zero-order chi connectivity index (χ0) is 23.7. The van der Waals surface area contributed by atoms with Gasteiger partial charge in [-0.2, -0.15) is 0 Å². The third kappa shape index (κ3) is 4.67. The molecular formula is C30H23Br2ClO. The van der Waals surface area contributed by atoms with Gasteiger partial charge in [0.15, 0.2) is 0 Å². The molecule has 0 heterocycles. The lowest BCUT2D eigenvalue weighted by Crippen LogP contribution is -2.30. The van der Waals surface area contributed by atoms with Gasteiger partial charge in [-0.05, 0) is 70.9 Å². The van der Waals surface area contributed by atoms with E-state index in [4.69, 9.17) is 11.6 Å². The Labute approximate surface area is 222 Å². The molecule has 170 valence electrons. The molecule has 1 aliphatic carbocycles. The van der Waals surface area contributed by atoms with E-state index in [9.17, 15) is 5.11 Å². The van der Waals surface area contributed by atoms with E-state index >= 15 is 0 Å². The summed E-state index contributed by atoms with van der Waals surface area (Å²) in [5.74, 6) is 0.104. The van der Waals surface area contributed by atoms with E-state index in [0.29, 0.717) is 11.4 Å². The van der Waals surface area contributed by atoms with E-state index in [0.717, 1.165) is 37.6 Å². The second kappa shape index (κ2) is 9.83. The molecule has 5 rings (SSSR count). The number of rotatable bonds is 4. The summed E-state index contributed by atoms with van der Waals surface area (Å²) in [5.41, 5.74) is 5.28. The lowest BCUT2D eigenvalue weighted by Gasteiger charge is -2.37. The minimum absolute atomic E-state index is 0.104. The minimum atomic E-state index is -1.18. The van der Waals surface area contributed by atoms with Crippen LogP contribution in [0.5, 0.6) is 0 Å². The number of hydrogen-bond donors (Lipinski definition) is 1. The van der Waals surface area contributed by atoms with E-state index in [1.54, 1.807) is 0 Å². The summed E-state index contributed by atoms with van der Waals surface area (Å²) in [6, 6.07) is 32.7. The average Bonchev–Trinajstić information content (AvgIpc) is 2.84. The Balaban J connectivity index is 1.60. The third-order valence-electron chi connectivity index (χ3n) is 6.54. The van der Waals surface area contributed by atoms with Crippen molar-refractivity contribution < 1.29 is 5.11 Å². The molecule has 2 atom stereocenters. The number of benzene rings is 4. The number of aliphatic hydroxyl groups is 1. The lowest BCUT2D eigenvalue weighted by atomic mass is 9.72. The average molecular weight is 595 g/mol. The van der Waals surface area contributed by atoms with Crippen LogP contribution in [0.4, 0.5) is 0 Å². The van der Waals surface area contributed by atoms with Crippen molar-refractivity contribution in [3.05, 3.63) is 134 Å². The molecule has 0 spiro atoms. The van der Waals surface area contributed by atoms with Gasteiger partial charge in [-0.3, -0.25) is 0 Å². The molecule has 0 fully saturated rings. The molecular weight excluding hydrogens is 572 g/mol. The van der Waals surface area contributed by atoms with Crippen LogP contribution in [0.25, 0.3) is 16.7 Å². The molecule has 1 N–H and O–H groups in total. The van der Waals surface area contributed by atoms with E-state index in [-0.39, 0.29) is 5.92 Å². The Morgan fingerprint density at radius 3 is 2.21 bits per heavy atom. The van der Waals surface area contributed by atoms with Gasteiger partial charge >= 0.3 is 0 Å². The van der Waals surface area contributed by atoms with Gasteiger partial charge in [-0.1, -0.05) is 122 Å². The van der Waals surface area contributed by atoms with Gasteiger partial charge in [0.25, 0.3) is 0 Å². The lowest BCUT2D eigenvalue weighted by molar-refractivity contribution is 0.0672. The van der Waals surface area contributed by atoms with Gasteiger partial charge in [-0.15, -0.1) is 0 Å². The van der Waals surface area contributed by atoms with Crippen LogP contribution in [0.1, 0.15) is 35.4 Å². The standard InChI is InChI=1S/C30H23Br2ClO/c31-27-12-6-4-10-24(27)22-16-23(19-30(34,18-22)26-11-5-7-13-29(26)33)25-15-14-21(17-28(25)32)20-8-2-1-3-9-20/h1-15,17-18,23,34H,16,19H2. The van der Waals surface area contributed by atoms with Crippen molar-refractivity contribution in [2.24, 2.45) is 0 Å². The van der Waals surface area contributed by atoms with Crippen molar-refractivity contribution in [1.82, 2.24) is 0 Å². The van der Waals surface area contributed by atoms with Crippen LogP contribution in [0.2, 0.25) is 5.02 Å². The van der Waals surface area contributed by atoms with Gasteiger partial charge in [0.1, 0.15) is 5.60 Å². The first-order chi connectivity index (χ1) is 16.4. The smallest absolute Gasteiger partial charge is 0.110 e. The molecule has 0 radical (unpaired) electrons. The van der Waals surface area contributed by atoms with Crippen LogP contribution < -0.4 is 0 Å². The van der Waals surface area contributed by atoms with Crippen molar-refractivity contribution in [1.29, 1.82) is 0 Å². The van der Waals surface area contributed by atoms with Crippen LogP contribution in [0.3, 0.4) is 0 Å². The van der Waals surface area contributed by atoms with E-state index in [1.165, 1.54) is 11.1 Å². The summed E-state index contributed by atoms with van der Waals surface area (Å²) in [7, 11) is 0. The van der Waals surface area contributed by atoms with Gasteiger partial charge in [0.05, 0.1) is 0 Å². The van der Waals surface area contributed by atoms with Crippen molar-refractivity contribution in [3.8, 4) is 11.1 Å². The maximum absolute atomic E-state index is 12.0. The topological polar surface area (TPSA) is 20.2 Å². The summed E-state index contributed by atoms with van der Waals surface area (Å²) in [6.07, 6.45) is 3.36. The second-order valence-electron chi connectivity index (χ2n) is 8.76. The Morgan fingerprint density at radius 2 is 1.47 bits per heavy atom. The second-order valence-corrected chi connectivity index (χ2v) is 10.9. The summed E-state index contributed by atoms with van der Waals surface area (Å²) in [4.78, 5) is 0. The number of allylic oxidation sites excluding steroid dienone is 1. The molecule has 1 nitrogen and oxygen atoms in total. The summed E-state index contributed by atoms with van der Waals surface area (Å²) in [6.45, 7) is 0. The monoisotopic (exact) mass is 592 g/mol. The molecule has 4 heteroatoms. The first kappa shape index (κ1) is 23.6. The number of halogens is 3. The normalized spacial score (nSPS) is 20.1. The Hall–Kier alpha value is -2.17. The van der Waals surface area contributed by atoms with Crippen LogP contribution in [-0.2, 0) is 5.60 Å². The zero-order valence-corrected chi connectivity index (χ0v) is 22.3. The number of hydrogen-bond acceptors (Lipinski definition) is 1. The highest BCUT2D eigenvalue weighted by Gasteiger charge is 2.38. The summed E-state index contributed by atoms with van der Waals surface area (Å²) < 4.78 is 2.07. The molecule has 0 saturated carbocycles. The molecule has 0 aliphatic heterocycles. The van der Waals surface area contributed by atoms with E-state index < -0.39 is 5.60 Å². The Kier molecular flexibility index (Phi) is 6.81. The van der Waals surface area contributed by atoms with Crippen molar-refractivity contribution in [2.45, 2.75) is 24.4 Å². The maximum atomic E-state index is 12.0. The van der Waals surface area contributed by atoms with Crippen LogP contribution in [-0.4, -0.2) is 5.11 Å². The molecule has 2 unspecified atom stereocenters. The minimum Gasteiger partial charge on any atom is -0.381 e. The van der Waals surface area contributed by atoms with Gasteiger partial charge < -0.3 is 5.11 Å². The van der Waals surface area contributed by atoms with Crippen LogP contribution >= 0.6 is 43.5 Å². The fraction of sp³-hybridized carbons (Fsp3) is 0.133. The molecule has 0 bridgehead atoms. The van der Waals surface area contributed by atoms with Crippen molar-refractivity contribution >= 4 is 49.0 Å². The molecule has 1 aliphatic rings. The maximum Gasteiger partial charge on any atom is 0.110 e. The first-order valence-electron chi connectivity index (χ1n) is 11.2. The quantitative estimate of drug-likeness (QED) is 0.250. The van der Waals surface area contributed by atoms with E-state index in [1.807, 2.05) is 54.6 Å². The predicted molar refractivity (Wildman–Crippen MR) is 149 cm³/mol. The van der Waals surface area contributed by atoms with E-state index in [2.05, 4.69) is 80.4 Å². The largest absolute Gasteiger partial charge is 0.381 e. The van der Waals surface area contributed by atoms with Gasteiger partial charge in [0, 0.05) is 19.5 Å². The molecule has 4 aromatic carbocycles. The van der Waals surface area contributed by atoms with Gasteiger partial charge in [-0.25, -0.2) is 0 Å². The van der Waals surface area contributed by atoms with Crippen molar-refractivity contribution in [2.75, 3.05) is 0 Å². The fourth-order valence-electron chi connectivity index (χ4n) is 4.92. The summed E-state index contributed by atoms with van der Waals surface area (Å²) in [5, 5.41) is 12.6. The highest BCUT2D eigenvalue weighted by Crippen LogP contribution is 2.49. The highest BCUT2D eigenvalue weighted by molar-refractivity contribution is 9.10. The molecule has 0 saturated heterocycles. The molecule has 34 heavy (non-hydrogen) atoms. The molecule has 0 amide bonds. The Bertz CT molecular complexity index is 1370. The zero-order valence-electron chi connectivity index (χ0n) is 18.4. The fourth-order valence-corrected chi connectivity index (χ4v) is 6.46. The van der Waals surface area contributed by atoms with Gasteiger partial charge in [0.2, 0.25) is 0 Å². The molecule has 4 aromatic rings. The third-order valence-corrected chi connectivity index (χ3v) is 8.25. The highest BCUT2D eigenvalue weighted by atomic mass is 79.9. The van der Waals surface area contributed by atoms with Crippen LogP contribution in [0, 0.1) is 0 Å². The Morgan fingerprint density at radius 1 is 0.765 bits per heavy atom. The van der Waals surface area contributed by atoms with Crippen molar-refractivity contribution in [3.63, 3.8) is 0 Å². The van der Waals surface area contributed by atoms with Crippen LogP contribution in [0.15, 0.2) is 112 Å². The molecule has 0 aromatic heterocycles. The first-order valence-corrected chi connectivity index (χ1v) is 13.2.